The van der Waals surface area contributed by atoms with Gasteiger partial charge in [-0.25, -0.2) is 4.98 Å². The Kier molecular flexibility index (Phi) is 11.5. The Morgan fingerprint density at radius 3 is 2.52 bits per heavy atom. The van der Waals surface area contributed by atoms with E-state index in [9.17, 15) is 14.7 Å². The second kappa shape index (κ2) is 15.5. The molecule has 1 saturated heterocycles. The summed E-state index contributed by atoms with van der Waals surface area (Å²) >= 11 is 0. The molecule has 0 radical (unpaired) electrons. The SMILES string of the molecule is CCn1cnc2c(N3CCCC3=O)cc(C(=O)N[C@@H](Cc3ccccc3)[C@H](O)CNC(C)(C)c3cccc(OC)c3)cc21.O=CO. The fraction of sp³-hybridized carbons (Fsp3) is 0.371. The number of hydrogen-bond donors (Lipinski definition) is 4. The first-order valence-electron chi connectivity index (χ1n) is 15.4. The van der Waals surface area contributed by atoms with Gasteiger partial charge in [-0.15, -0.1) is 0 Å². The number of aliphatic hydroxyl groups is 1. The summed E-state index contributed by atoms with van der Waals surface area (Å²) < 4.78 is 7.37. The number of hydrogen-bond acceptors (Lipinski definition) is 7. The summed E-state index contributed by atoms with van der Waals surface area (Å²) in [6, 6.07) is 20.6. The maximum absolute atomic E-state index is 13.9. The molecular formula is C35H43N5O6. The minimum Gasteiger partial charge on any atom is -0.497 e. The molecule has 0 aliphatic carbocycles. The zero-order chi connectivity index (χ0) is 33.3. The molecule has 3 aromatic carbocycles. The second-order valence-corrected chi connectivity index (χ2v) is 11.7. The Hall–Kier alpha value is -4.74. The molecule has 0 spiro atoms. The van der Waals surface area contributed by atoms with Crippen LogP contribution in [-0.4, -0.2) is 70.4 Å². The van der Waals surface area contributed by atoms with Crippen molar-refractivity contribution in [1.82, 2.24) is 20.2 Å². The van der Waals surface area contributed by atoms with E-state index in [1.165, 1.54) is 0 Å². The molecule has 0 saturated carbocycles. The number of aromatic nitrogens is 2. The Morgan fingerprint density at radius 2 is 1.87 bits per heavy atom. The van der Waals surface area contributed by atoms with Gasteiger partial charge in [-0.3, -0.25) is 14.4 Å². The van der Waals surface area contributed by atoms with Crippen molar-refractivity contribution in [2.75, 3.05) is 25.1 Å². The maximum atomic E-state index is 13.9. The average molecular weight is 630 g/mol. The largest absolute Gasteiger partial charge is 0.497 e. The Bertz CT molecular complexity index is 1640. The summed E-state index contributed by atoms with van der Waals surface area (Å²) in [5.74, 6) is 0.483. The van der Waals surface area contributed by atoms with Crippen molar-refractivity contribution in [1.29, 1.82) is 0 Å². The van der Waals surface area contributed by atoms with Crippen molar-refractivity contribution in [2.45, 2.75) is 64.3 Å². The first kappa shape index (κ1) is 34.1. The normalized spacial score (nSPS) is 14.4. The van der Waals surface area contributed by atoms with Crippen LogP contribution in [0.4, 0.5) is 5.69 Å². The van der Waals surface area contributed by atoms with Crippen LogP contribution in [0.5, 0.6) is 5.75 Å². The van der Waals surface area contributed by atoms with E-state index in [4.69, 9.17) is 14.6 Å². The van der Waals surface area contributed by atoms with Gasteiger partial charge < -0.3 is 35.1 Å². The highest BCUT2D eigenvalue weighted by Gasteiger charge is 2.29. The molecule has 4 aromatic rings. The monoisotopic (exact) mass is 629 g/mol. The van der Waals surface area contributed by atoms with Gasteiger partial charge in [-0.05, 0) is 69.0 Å². The predicted octanol–water partition coefficient (Wildman–Crippen LogP) is 4.12. The number of benzene rings is 3. The van der Waals surface area contributed by atoms with Gasteiger partial charge in [-0.1, -0.05) is 42.5 Å². The molecule has 5 rings (SSSR count). The van der Waals surface area contributed by atoms with Crippen molar-refractivity contribution < 1.29 is 29.3 Å². The van der Waals surface area contributed by atoms with Gasteiger partial charge in [0, 0.05) is 37.2 Å². The summed E-state index contributed by atoms with van der Waals surface area (Å²) in [6.07, 6.45) is 2.56. The third kappa shape index (κ3) is 8.09. The summed E-state index contributed by atoms with van der Waals surface area (Å²) in [7, 11) is 1.64. The van der Waals surface area contributed by atoms with E-state index in [0.29, 0.717) is 42.7 Å². The number of carboxylic acid groups (broad SMARTS) is 1. The van der Waals surface area contributed by atoms with Gasteiger partial charge in [0.15, 0.2) is 0 Å². The lowest BCUT2D eigenvalue weighted by atomic mass is 9.93. The maximum Gasteiger partial charge on any atom is 0.290 e. The third-order valence-electron chi connectivity index (χ3n) is 8.30. The van der Waals surface area contributed by atoms with Gasteiger partial charge in [0.05, 0.1) is 36.8 Å². The van der Waals surface area contributed by atoms with E-state index < -0.39 is 17.7 Å². The molecule has 2 amide bonds. The van der Waals surface area contributed by atoms with Crippen LogP contribution in [0.3, 0.4) is 0 Å². The number of methoxy groups -OCH3 is 1. The lowest BCUT2D eigenvalue weighted by molar-refractivity contribution is -0.123. The third-order valence-corrected chi connectivity index (χ3v) is 8.30. The minimum atomic E-state index is -0.890. The Balaban J connectivity index is 0.00000154. The van der Waals surface area contributed by atoms with Crippen LogP contribution in [-0.2, 0) is 28.1 Å². The summed E-state index contributed by atoms with van der Waals surface area (Å²) in [6.45, 7) is 7.39. The van der Waals surface area contributed by atoms with E-state index >= 15 is 0 Å². The zero-order valence-electron chi connectivity index (χ0n) is 26.8. The summed E-state index contributed by atoms with van der Waals surface area (Å²) in [5, 5.41) is 25.0. The fourth-order valence-corrected chi connectivity index (χ4v) is 5.66. The van der Waals surface area contributed by atoms with Crippen LogP contribution < -0.4 is 20.3 Å². The van der Waals surface area contributed by atoms with Gasteiger partial charge in [0.1, 0.15) is 11.3 Å². The van der Waals surface area contributed by atoms with Gasteiger partial charge in [0.2, 0.25) is 5.91 Å². The first-order chi connectivity index (χ1) is 22.1. The molecule has 46 heavy (non-hydrogen) atoms. The summed E-state index contributed by atoms with van der Waals surface area (Å²) in [4.78, 5) is 41.2. The number of carbonyl (C=O) groups excluding carboxylic acids is 2. The van der Waals surface area contributed by atoms with Crippen LogP contribution >= 0.6 is 0 Å². The lowest BCUT2D eigenvalue weighted by Gasteiger charge is -2.31. The van der Waals surface area contributed by atoms with Gasteiger partial charge in [-0.2, -0.15) is 0 Å². The van der Waals surface area contributed by atoms with E-state index in [2.05, 4.69) is 15.6 Å². The number of ether oxygens (including phenoxy) is 1. The summed E-state index contributed by atoms with van der Waals surface area (Å²) in [5.41, 5.74) is 4.14. The second-order valence-electron chi connectivity index (χ2n) is 11.7. The molecule has 1 aliphatic heterocycles. The van der Waals surface area contributed by atoms with Crippen LogP contribution in [0.15, 0.2) is 73.1 Å². The van der Waals surface area contributed by atoms with E-state index in [-0.39, 0.29) is 24.8 Å². The highest BCUT2D eigenvalue weighted by Crippen LogP contribution is 2.31. The van der Waals surface area contributed by atoms with Crippen molar-refractivity contribution in [3.05, 3.63) is 89.7 Å². The van der Waals surface area contributed by atoms with Crippen molar-refractivity contribution in [3.63, 3.8) is 0 Å². The zero-order valence-corrected chi connectivity index (χ0v) is 26.8. The fourth-order valence-electron chi connectivity index (χ4n) is 5.66. The number of anilines is 1. The van der Waals surface area contributed by atoms with E-state index in [0.717, 1.165) is 28.8 Å². The van der Waals surface area contributed by atoms with Crippen LogP contribution in [0, 0.1) is 0 Å². The molecule has 1 fully saturated rings. The molecule has 1 aliphatic rings. The van der Waals surface area contributed by atoms with Crippen LogP contribution in [0.2, 0.25) is 0 Å². The van der Waals surface area contributed by atoms with Gasteiger partial charge in [0.25, 0.3) is 12.4 Å². The quantitative estimate of drug-likeness (QED) is 0.171. The Labute approximate surface area is 269 Å². The molecule has 0 unspecified atom stereocenters. The topological polar surface area (TPSA) is 146 Å². The van der Waals surface area contributed by atoms with Crippen molar-refractivity contribution >= 4 is 35.0 Å². The molecule has 2 atom stereocenters. The van der Waals surface area contributed by atoms with Crippen LogP contribution in [0.25, 0.3) is 11.0 Å². The number of imidazole rings is 1. The van der Waals surface area contributed by atoms with E-state index in [1.54, 1.807) is 24.4 Å². The van der Waals surface area contributed by atoms with Crippen molar-refractivity contribution in [3.8, 4) is 5.75 Å². The minimum absolute atomic E-state index is 0.0343. The number of nitrogens with zero attached hydrogens (tertiary/aromatic N) is 3. The average Bonchev–Trinajstić information content (AvgIpc) is 3.69. The molecule has 4 N–H and O–H groups in total. The van der Waals surface area contributed by atoms with Gasteiger partial charge >= 0.3 is 0 Å². The smallest absolute Gasteiger partial charge is 0.290 e. The highest BCUT2D eigenvalue weighted by atomic mass is 16.5. The number of aryl methyl sites for hydroxylation is 1. The first-order valence-corrected chi connectivity index (χ1v) is 15.4. The molecular weight excluding hydrogens is 586 g/mol. The van der Waals surface area contributed by atoms with E-state index in [1.807, 2.05) is 86.0 Å². The number of rotatable bonds is 12. The number of fused-ring (bicyclic) bond motifs is 1. The molecule has 11 nitrogen and oxygen atoms in total. The molecule has 244 valence electrons. The molecule has 0 bridgehead atoms. The Morgan fingerprint density at radius 1 is 1.13 bits per heavy atom. The lowest BCUT2D eigenvalue weighted by Crippen LogP contribution is -2.51. The van der Waals surface area contributed by atoms with Crippen molar-refractivity contribution in [2.24, 2.45) is 0 Å². The molecule has 1 aromatic heterocycles. The number of aliphatic hydroxyl groups excluding tert-OH is 1. The predicted molar refractivity (Wildman–Crippen MR) is 177 cm³/mol. The number of nitrogens with one attached hydrogen (secondary N) is 2. The number of carbonyl (C=O) groups is 3. The highest BCUT2D eigenvalue weighted by molar-refractivity contribution is 6.07. The molecule has 11 heteroatoms. The number of amides is 2. The standard InChI is InChI=1S/C34H41N5O4.CH2O2/c1-5-38-22-35-32-28(38)18-24(19-29(32)39-16-10-15-31(39)41)33(42)37-27(17-23-11-7-6-8-12-23)30(40)21-36-34(2,3)25-13-9-14-26(20-25)43-4;2-1-3/h6-9,11-14,18-20,22,27,30,36,40H,5,10,15-17,21H2,1-4H3,(H,37,42);1H,(H,2,3)/t27-,30+;/m0./s1. The molecule has 2 heterocycles. The van der Waals surface area contributed by atoms with Crippen LogP contribution in [0.1, 0.15) is 55.1 Å².